The highest BCUT2D eigenvalue weighted by molar-refractivity contribution is 5.83. The van der Waals surface area contributed by atoms with E-state index in [1.54, 1.807) is 46.9 Å². The lowest BCUT2D eigenvalue weighted by atomic mass is 9.74. The molecule has 0 radical (unpaired) electrons. The van der Waals surface area contributed by atoms with Gasteiger partial charge in [-0.15, -0.1) is 0 Å². The molecule has 3 fully saturated rings. The van der Waals surface area contributed by atoms with E-state index in [0.29, 0.717) is 12.2 Å². The van der Waals surface area contributed by atoms with E-state index in [0.717, 1.165) is 11.1 Å². The first-order valence-corrected chi connectivity index (χ1v) is 24.2. The third kappa shape index (κ3) is 13.4. The van der Waals surface area contributed by atoms with Crippen LogP contribution < -0.4 is 5.32 Å². The number of aliphatic hydroxyl groups excluding tert-OH is 2. The molecule has 0 saturated carbocycles. The van der Waals surface area contributed by atoms with Crippen LogP contribution >= 0.6 is 0 Å². The highest BCUT2D eigenvalue weighted by Gasteiger charge is 2.54. The summed E-state index contributed by atoms with van der Waals surface area (Å²) in [6, 6.07) is 10.6. The van der Waals surface area contributed by atoms with Crippen LogP contribution in [0, 0.1) is 23.7 Å². The highest BCUT2D eigenvalue weighted by atomic mass is 16.7. The summed E-state index contributed by atoms with van der Waals surface area (Å²) in [5, 5.41) is 50.7. The van der Waals surface area contributed by atoms with E-state index < -0.39 is 114 Å². The van der Waals surface area contributed by atoms with Crippen LogP contribution in [-0.2, 0) is 58.8 Å². The molecule has 0 spiro atoms. The highest BCUT2D eigenvalue weighted by Crippen LogP contribution is 2.41. The number of benzene rings is 1. The number of methoxy groups -OCH3 is 1. The Balaban J connectivity index is 1.52. The largest absolute Gasteiger partial charge is 0.464 e. The number of nitrogens with zero attached hydrogens (tertiary/aromatic N) is 1. The number of ketones is 1. The molecule has 5 N–H and O–H groups in total. The summed E-state index contributed by atoms with van der Waals surface area (Å²) in [6.45, 7) is 15.5. The molecule has 18 nitrogen and oxygen atoms in total. The molecule has 1 aromatic carbocycles. The molecule has 0 bridgehead atoms. The van der Waals surface area contributed by atoms with Crippen LogP contribution in [0.4, 0.5) is 0 Å². The van der Waals surface area contributed by atoms with Gasteiger partial charge in [0.25, 0.3) is 0 Å². The Morgan fingerprint density at radius 1 is 0.884 bits per heavy atom. The quantitative estimate of drug-likeness (QED) is 0.179. The van der Waals surface area contributed by atoms with Gasteiger partial charge in [-0.2, -0.15) is 0 Å². The van der Waals surface area contributed by atoms with Crippen LogP contribution in [-0.4, -0.2) is 161 Å². The first kappa shape index (κ1) is 56.1. The van der Waals surface area contributed by atoms with Crippen molar-refractivity contribution in [2.24, 2.45) is 23.7 Å². The predicted molar refractivity (Wildman–Crippen MR) is 251 cm³/mol. The molecule has 388 valence electrons. The van der Waals surface area contributed by atoms with Crippen LogP contribution in [0.15, 0.2) is 47.1 Å². The molecule has 5 rings (SSSR count). The average molecular weight is 975 g/mol. The first-order valence-electron chi connectivity index (χ1n) is 24.2. The molecule has 18 heteroatoms. The third-order valence-corrected chi connectivity index (χ3v) is 14.6. The fourth-order valence-electron chi connectivity index (χ4n) is 10.4. The first-order chi connectivity index (χ1) is 32.2. The fourth-order valence-corrected chi connectivity index (χ4v) is 10.4. The van der Waals surface area contributed by atoms with Gasteiger partial charge in [-0.3, -0.25) is 19.2 Å². The zero-order valence-electron chi connectivity index (χ0n) is 42.6. The van der Waals surface area contributed by atoms with Crippen LogP contribution in [0.5, 0.6) is 0 Å². The molecule has 1 aromatic heterocycles. The number of cyclic esters (lactones) is 1. The topological polar surface area (TPSA) is 242 Å². The van der Waals surface area contributed by atoms with E-state index in [4.69, 9.17) is 37.6 Å². The van der Waals surface area contributed by atoms with Crippen LogP contribution in [0.3, 0.4) is 0 Å². The van der Waals surface area contributed by atoms with Gasteiger partial charge >= 0.3 is 11.9 Å². The number of furan rings is 1. The van der Waals surface area contributed by atoms with Gasteiger partial charge in [0.05, 0.1) is 66.4 Å². The monoisotopic (exact) mass is 975 g/mol. The lowest BCUT2D eigenvalue weighted by Gasteiger charge is -2.49. The molecule has 4 heterocycles. The van der Waals surface area contributed by atoms with Gasteiger partial charge in [-0.25, -0.2) is 0 Å². The summed E-state index contributed by atoms with van der Waals surface area (Å²) in [4.78, 5) is 56.8. The minimum Gasteiger partial charge on any atom is -0.464 e. The van der Waals surface area contributed by atoms with E-state index >= 15 is 0 Å². The molecule has 18 atom stereocenters. The Morgan fingerprint density at radius 2 is 1.55 bits per heavy atom. The standard InChI is InChI=1S/C51H78N2O16/c1-27-25-49(8,60)46(69-48-43(66-33(7)54)36(53(11)12)23-28(2)64-48)30(4)42(68-40-26-50(9,62-13)45(58)32(6)65-40)31(5)47(59)67-38(51(10,61)44(57)29(3)41(27)56)20-21-52-39(55)24-34-16-18-35(19-17-34)37-15-14-22-63-37/h14-19,22,27-32,36,38,40,42-46,48,57-58,60-61H,20-21,23-26H2,1-13H3,(H,52,55)/t27-,28-,29+,30+,31-,32+,36+,38-,40+,42+,43-,44-,45+,46-,48+,49-,50-,51-/m1/s1. The van der Waals surface area contributed by atoms with Crippen molar-refractivity contribution in [2.75, 3.05) is 27.7 Å². The van der Waals surface area contributed by atoms with E-state index in [1.807, 2.05) is 56.3 Å². The van der Waals surface area contributed by atoms with E-state index in [-0.39, 0.29) is 50.3 Å². The van der Waals surface area contributed by atoms with Crippen LogP contribution in [0.2, 0.25) is 0 Å². The Kier molecular flexibility index (Phi) is 18.8. The van der Waals surface area contributed by atoms with Crippen molar-refractivity contribution in [3.8, 4) is 11.3 Å². The summed E-state index contributed by atoms with van der Waals surface area (Å²) in [5.74, 6) is -6.00. The molecule has 3 saturated heterocycles. The lowest BCUT2D eigenvalue weighted by Crippen LogP contribution is -2.61. The second-order valence-corrected chi connectivity index (χ2v) is 20.6. The predicted octanol–water partition coefficient (Wildman–Crippen LogP) is 3.96. The van der Waals surface area contributed by atoms with Crippen molar-refractivity contribution >= 4 is 23.6 Å². The number of hydrogen-bond donors (Lipinski definition) is 5. The van der Waals surface area contributed by atoms with E-state index in [1.165, 1.54) is 34.8 Å². The van der Waals surface area contributed by atoms with Gasteiger partial charge in [-0.05, 0) is 86.2 Å². The van der Waals surface area contributed by atoms with E-state index in [9.17, 15) is 39.6 Å². The third-order valence-electron chi connectivity index (χ3n) is 14.6. The maximum Gasteiger partial charge on any atom is 0.311 e. The number of carbonyl (C=O) groups is 4. The number of carbonyl (C=O) groups excluding carboxylic acids is 4. The average Bonchev–Trinajstić information content (AvgIpc) is 3.83. The molecular formula is C51H78N2O16. The zero-order valence-corrected chi connectivity index (χ0v) is 42.6. The van der Waals surface area contributed by atoms with Crippen molar-refractivity contribution in [3.05, 3.63) is 48.2 Å². The Labute approximate surface area is 406 Å². The number of aliphatic hydroxyl groups is 4. The molecule has 3 aliphatic heterocycles. The minimum atomic E-state index is -2.24. The molecule has 2 aromatic rings. The number of nitrogens with one attached hydrogen (secondary N) is 1. The summed E-state index contributed by atoms with van der Waals surface area (Å²) >= 11 is 0. The second-order valence-electron chi connectivity index (χ2n) is 20.6. The summed E-state index contributed by atoms with van der Waals surface area (Å²) < 4.78 is 49.4. The van der Waals surface area contributed by atoms with Crippen molar-refractivity contribution in [3.63, 3.8) is 0 Å². The van der Waals surface area contributed by atoms with Gasteiger partial charge in [0.15, 0.2) is 18.7 Å². The van der Waals surface area contributed by atoms with E-state index in [2.05, 4.69) is 5.32 Å². The lowest BCUT2D eigenvalue weighted by molar-refractivity contribution is -0.318. The van der Waals surface area contributed by atoms with Gasteiger partial charge in [0, 0.05) is 56.7 Å². The second kappa shape index (κ2) is 23.2. The normalized spacial score (nSPS) is 39.6. The Hall–Kier alpha value is -3.82. The molecular weight excluding hydrogens is 897 g/mol. The van der Waals surface area contributed by atoms with Gasteiger partial charge in [0.2, 0.25) is 5.91 Å². The van der Waals surface area contributed by atoms with Crippen molar-refractivity contribution in [2.45, 2.75) is 186 Å². The number of hydrogen-bond acceptors (Lipinski definition) is 17. The summed E-state index contributed by atoms with van der Waals surface area (Å²) in [5.41, 5.74) is -3.70. The van der Waals surface area contributed by atoms with Gasteiger partial charge in [-0.1, -0.05) is 45.0 Å². The fraction of sp³-hybridized carbons (Fsp3) is 0.725. The summed E-state index contributed by atoms with van der Waals surface area (Å²) in [6.07, 6.45) is -9.61. The number of esters is 2. The zero-order chi connectivity index (χ0) is 51.3. The SMILES string of the molecule is CO[C@]1(C)C[C@H](O[C@H]2[C@H](C)[C@@H](O[C@@H]3O[C@H](C)C[C@H](N(C)C)[C@H]3OC(C)=O)[C@](C)(O)C[C@@H](C)C(=O)[C@H](C)[C@@H](O)[C@](C)(O)[C@@H](CCNC(=O)Cc3ccc(-c4ccco4)cc3)OC(=O)[C@@H]2C)O[C@@H](C)[C@@H]1O. The number of Topliss-reactive ketones (excluding diaryl/α,β-unsaturated/α-hetero) is 1. The smallest absolute Gasteiger partial charge is 0.311 e. The number of likely N-dealkylation sites (N-methyl/N-ethyl adjacent to an activating group) is 1. The minimum absolute atomic E-state index is 0.0188. The van der Waals surface area contributed by atoms with Gasteiger partial charge in [0.1, 0.15) is 29.4 Å². The van der Waals surface area contributed by atoms with Crippen LogP contribution in [0.25, 0.3) is 11.3 Å². The van der Waals surface area contributed by atoms with Gasteiger partial charge < -0.3 is 68.2 Å². The maximum absolute atomic E-state index is 14.8. The molecule has 0 aliphatic carbocycles. The Bertz CT molecular complexity index is 2010. The number of rotatable bonds is 13. The van der Waals surface area contributed by atoms with Crippen molar-refractivity contribution in [1.82, 2.24) is 10.2 Å². The number of amides is 1. The van der Waals surface area contributed by atoms with Crippen LogP contribution in [0.1, 0.15) is 100 Å². The molecule has 3 aliphatic rings. The Morgan fingerprint density at radius 3 is 2.14 bits per heavy atom. The molecule has 69 heavy (non-hydrogen) atoms. The summed E-state index contributed by atoms with van der Waals surface area (Å²) in [7, 11) is 5.14. The molecule has 0 unspecified atom stereocenters. The maximum atomic E-state index is 14.8. The number of ether oxygens (including phenoxy) is 7. The van der Waals surface area contributed by atoms with Crippen molar-refractivity contribution < 1.29 is 77.2 Å². The van der Waals surface area contributed by atoms with Crippen molar-refractivity contribution in [1.29, 1.82) is 0 Å². The molecule has 1 amide bonds.